The second-order valence-electron chi connectivity index (χ2n) is 5.23. The Bertz CT molecular complexity index is 834. The second kappa shape index (κ2) is 9.18. The highest BCUT2D eigenvalue weighted by Crippen LogP contribution is 2.28. The molecule has 9 heteroatoms. The molecule has 0 heterocycles. The van der Waals surface area contributed by atoms with Crippen LogP contribution in [0.15, 0.2) is 42.5 Å². The second-order valence-corrected chi connectivity index (χ2v) is 5.23. The summed E-state index contributed by atoms with van der Waals surface area (Å²) in [6, 6.07) is 10.3. The van der Waals surface area contributed by atoms with Crippen LogP contribution in [0.2, 0.25) is 0 Å². The van der Waals surface area contributed by atoms with E-state index in [0.717, 1.165) is 6.07 Å². The van der Waals surface area contributed by atoms with Gasteiger partial charge in [0.2, 0.25) is 0 Å². The predicted octanol–water partition coefficient (Wildman–Crippen LogP) is 2.80. The van der Waals surface area contributed by atoms with Gasteiger partial charge in [-0.15, -0.1) is 0 Å². The third-order valence-electron chi connectivity index (χ3n) is 3.38. The SMILES string of the molecule is CCOc1ccc(NC(=O)COc2ccc(C(=O)OC)cc2[N+](=O)[O-])cc1. The molecule has 1 N–H and O–H groups in total. The number of nitro benzene ring substituents is 1. The van der Waals surface area contributed by atoms with E-state index in [0.29, 0.717) is 18.0 Å². The first-order valence-electron chi connectivity index (χ1n) is 7.97. The summed E-state index contributed by atoms with van der Waals surface area (Å²) in [7, 11) is 1.17. The van der Waals surface area contributed by atoms with Crippen molar-refractivity contribution >= 4 is 23.3 Å². The topological polar surface area (TPSA) is 117 Å². The summed E-state index contributed by atoms with van der Waals surface area (Å²) < 4.78 is 15.1. The van der Waals surface area contributed by atoms with Crippen molar-refractivity contribution in [3.8, 4) is 11.5 Å². The number of amides is 1. The Kier molecular flexibility index (Phi) is 6.70. The van der Waals surface area contributed by atoms with E-state index in [9.17, 15) is 19.7 Å². The number of anilines is 1. The highest BCUT2D eigenvalue weighted by Gasteiger charge is 2.20. The number of nitrogens with zero attached hydrogens (tertiary/aromatic N) is 1. The molecule has 2 rings (SSSR count). The molecule has 0 aliphatic rings. The van der Waals surface area contributed by atoms with Crippen molar-refractivity contribution in [2.75, 3.05) is 25.6 Å². The molecule has 0 atom stereocenters. The number of hydrogen-bond acceptors (Lipinski definition) is 7. The highest BCUT2D eigenvalue weighted by molar-refractivity contribution is 5.92. The molecule has 1 amide bonds. The Morgan fingerprint density at radius 1 is 1.11 bits per heavy atom. The number of carbonyl (C=O) groups is 2. The first-order chi connectivity index (χ1) is 12.9. The predicted molar refractivity (Wildman–Crippen MR) is 96.2 cm³/mol. The fraction of sp³-hybridized carbons (Fsp3) is 0.222. The van der Waals surface area contributed by atoms with Crippen LogP contribution in [-0.4, -0.2) is 37.1 Å². The summed E-state index contributed by atoms with van der Waals surface area (Å²) in [5.74, 6) is -0.661. The molecule has 2 aromatic carbocycles. The Morgan fingerprint density at radius 3 is 2.41 bits per heavy atom. The fourth-order valence-corrected chi connectivity index (χ4v) is 2.17. The molecule has 0 aliphatic heterocycles. The summed E-state index contributed by atoms with van der Waals surface area (Å²) in [6.45, 7) is 1.96. The largest absolute Gasteiger partial charge is 0.494 e. The lowest BCUT2D eigenvalue weighted by atomic mass is 10.2. The molecule has 0 spiro atoms. The molecule has 0 radical (unpaired) electrons. The smallest absolute Gasteiger partial charge is 0.338 e. The van der Waals surface area contributed by atoms with Gasteiger partial charge < -0.3 is 19.5 Å². The average molecular weight is 374 g/mol. The zero-order valence-electron chi connectivity index (χ0n) is 14.8. The fourth-order valence-electron chi connectivity index (χ4n) is 2.17. The zero-order valence-corrected chi connectivity index (χ0v) is 14.8. The van der Waals surface area contributed by atoms with E-state index in [1.807, 2.05) is 6.92 Å². The molecule has 0 saturated heterocycles. The van der Waals surface area contributed by atoms with Gasteiger partial charge in [0.15, 0.2) is 12.4 Å². The first-order valence-corrected chi connectivity index (χ1v) is 7.97. The van der Waals surface area contributed by atoms with Crippen LogP contribution < -0.4 is 14.8 Å². The van der Waals surface area contributed by atoms with Crippen molar-refractivity contribution in [2.45, 2.75) is 6.92 Å². The maximum absolute atomic E-state index is 12.0. The number of nitro groups is 1. The van der Waals surface area contributed by atoms with Crippen LogP contribution in [0.3, 0.4) is 0 Å². The minimum absolute atomic E-state index is 0.00962. The number of ether oxygens (including phenoxy) is 3. The lowest BCUT2D eigenvalue weighted by Crippen LogP contribution is -2.20. The monoisotopic (exact) mass is 374 g/mol. The standard InChI is InChI=1S/C18H18N2O7/c1-3-26-14-7-5-13(6-8-14)19-17(21)11-27-16-9-4-12(18(22)25-2)10-15(16)20(23)24/h4-10H,3,11H2,1-2H3,(H,19,21). The first kappa shape index (κ1) is 19.7. The third kappa shape index (κ3) is 5.43. The number of nitrogens with one attached hydrogen (secondary N) is 1. The zero-order chi connectivity index (χ0) is 19.8. The van der Waals surface area contributed by atoms with E-state index in [-0.39, 0.29) is 11.3 Å². The van der Waals surface area contributed by atoms with Gasteiger partial charge in [0.1, 0.15) is 5.75 Å². The summed E-state index contributed by atoms with van der Waals surface area (Å²) in [5, 5.41) is 13.8. The van der Waals surface area contributed by atoms with E-state index < -0.39 is 29.1 Å². The summed E-state index contributed by atoms with van der Waals surface area (Å²) in [6.07, 6.45) is 0. The van der Waals surface area contributed by atoms with Crippen molar-refractivity contribution in [2.24, 2.45) is 0 Å². The van der Waals surface area contributed by atoms with Crippen LogP contribution in [-0.2, 0) is 9.53 Å². The molecule has 9 nitrogen and oxygen atoms in total. The van der Waals surface area contributed by atoms with Crippen LogP contribution in [0.1, 0.15) is 17.3 Å². The molecule has 2 aromatic rings. The van der Waals surface area contributed by atoms with E-state index in [1.165, 1.54) is 19.2 Å². The van der Waals surface area contributed by atoms with Gasteiger partial charge in [-0.05, 0) is 43.3 Å². The summed E-state index contributed by atoms with van der Waals surface area (Å²) in [5.41, 5.74) is 0.102. The van der Waals surface area contributed by atoms with E-state index in [1.54, 1.807) is 24.3 Å². The molecule has 0 aliphatic carbocycles. The molecule has 0 saturated carbocycles. The molecule has 0 aromatic heterocycles. The number of benzene rings is 2. The molecule has 0 unspecified atom stereocenters. The van der Waals surface area contributed by atoms with Crippen molar-refractivity contribution < 1.29 is 28.7 Å². The average Bonchev–Trinajstić information content (AvgIpc) is 2.67. The van der Waals surface area contributed by atoms with Gasteiger partial charge in [-0.25, -0.2) is 4.79 Å². The lowest BCUT2D eigenvalue weighted by molar-refractivity contribution is -0.385. The van der Waals surface area contributed by atoms with Gasteiger partial charge in [0, 0.05) is 11.8 Å². The van der Waals surface area contributed by atoms with Crippen LogP contribution in [0.25, 0.3) is 0 Å². The minimum atomic E-state index is -0.710. The van der Waals surface area contributed by atoms with Crippen molar-refractivity contribution in [1.29, 1.82) is 0 Å². The van der Waals surface area contributed by atoms with Crippen molar-refractivity contribution in [3.63, 3.8) is 0 Å². The molecular formula is C18H18N2O7. The Labute approximate surface area is 155 Å². The number of esters is 1. The molecular weight excluding hydrogens is 356 g/mol. The van der Waals surface area contributed by atoms with E-state index in [2.05, 4.69) is 10.1 Å². The van der Waals surface area contributed by atoms with Crippen LogP contribution in [0, 0.1) is 10.1 Å². The number of rotatable bonds is 8. The Morgan fingerprint density at radius 2 is 1.81 bits per heavy atom. The van der Waals surface area contributed by atoms with E-state index >= 15 is 0 Å². The lowest BCUT2D eigenvalue weighted by Gasteiger charge is -2.09. The summed E-state index contributed by atoms with van der Waals surface area (Å²) >= 11 is 0. The quantitative estimate of drug-likeness (QED) is 0.429. The van der Waals surface area contributed by atoms with Gasteiger partial charge in [-0.2, -0.15) is 0 Å². The maximum atomic E-state index is 12.0. The molecule has 0 fully saturated rings. The number of methoxy groups -OCH3 is 1. The Balaban J connectivity index is 2.01. The van der Waals surface area contributed by atoms with Crippen LogP contribution >= 0.6 is 0 Å². The number of hydrogen-bond donors (Lipinski definition) is 1. The van der Waals surface area contributed by atoms with Gasteiger partial charge in [0.25, 0.3) is 5.91 Å². The highest BCUT2D eigenvalue weighted by atomic mass is 16.6. The van der Waals surface area contributed by atoms with Gasteiger partial charge in [0.05, 0.1) is 24.2 Å². The van der Waals surface area contributed by atoms with Crippen LogP contribution in [0.4, 0.5) is 11.4 Å². The van der Waals surface area contributed by atoms with Gasteiger partial charge >= 0.3 is 11.7 Å². The normalized spacial score (nSPS) is 10.0. The van der Waals surface area contributed by atoms with Crippen LogP contribution in [0.5, 0.6) is 11.5 Å². The molecule has 142 valence electrons. The van der Waals surface area contributed by atoms with Crippen molar-refractivity contribution in [3.05, 3.63) is 58.1 Å². The number of carbonyl (C=O) groups excluding carboxylic acids is 2. The maximum Gasteiger partial charge on any atom is 0.338 e. The molecule has 27 heavy (non-hydrogen) atoms. The Hall–Kier alpha value is -3.62. The molecule has 0 bridgehead atoms. The van der Waals surface area contributed by atoms with E-state index in [4.69, 9.17) is 9.47 Å². The minimum Gasteiger partial charge on any atom is -0.494 e. The van der Waals surface area contributed by atoms with Gasteiger partial charge in [-0.3, -0.25) is 14.9 Å². The summed E-state index contributed by atoms with van der Waals surface area (Å²) in [4.78, 5) is 33.9. The third-order valence-corrected chi connectivity index (χ3v) is 3.38. The van der Waals surface area contributed by atoms with Crippen molar-refractivity contribution in [1.82, 2.24) is 0 Å². The van der Waals surface area contributed by atoms with Gasteiger partial charge in [-0.1, -0.05) is 0 Å².